The number of nitrogens with zero attached hydrogens (tertiary/aromatic N) is 2. The fourth-order valence-corrected chi connectivity index (χ4v) is 2.00. The summed E-state index contributed by atoms with van der Waals surface area (Å²) >= 11 is 5.77. The summed E-state index contributed by atoms with van der Waals surface area (Å²) in [6.45, 7) is 1.61. The van der Waals surface area contributed by atoms with E-state index in [1.165, 1.54) is 36.2 Å². The average molecular weight is 326 g/mol. The van der Waals surface area contributed by atoms with E-state index in [1.807, 2.05) is 0 Å². The molecule has 0 aliphatic heterocycles. The maximum Gasteiger partial charge on any atom is 0.327 e. The summed E-state index contributed by atoms with van der Waals surface area (Å²) in [6.07, 6.45) is 1.39. The van der Waals surface area contributed by atoms with Crippen LogP contribution in [0, 0.1) is 12.7 Å². The van der Waals surface area contributed by atoms with Crippen molar-refractivity contribution < 1.29 is 18.7 Å². The van der Waals surface area contributed by atoms with Gasteiger partial charge in [-0.1, -0.05) is 17.7 Å². The van der Waals surface area contributed by atoms with Gasteiger partial charge in [0.25, 0.3) is 5.91 Å². The summed E-state index contributed by atoms with van der Waals surface area (Å²) in [5.41, 5.74) is 0.974. The smallest absolute Gasteiger partial charge is 0.327 e. The third-order valence-electron chi connectivity index (χ3n) is 3.05. The maximum absolute atomic E-state index is 13.4. The first-order valence-corrected chi connectivity index (χ1v) is 6.66. The van der Waals surface area contributed by atoms with Gasteiger partial charge in [0.15, 0.2) is 0 Å². The summed E-state index contributed by atoms with van der Waals surface area (Å²) in [7, 11) is 1.27. The van der Waals surface area contributed by atoms with Crippen molar-refractivity contribution in [1.29, 1.82) is 0 Å². The molecule has 1 heterocycles. The van der Waals surface area contributed by atoms with E-state index >= 15 is 0 Å². The van der Waals surface area contributed by atoms with Gasteiger partial charge in [-0.25, -0.2) is 4.39 Å². The van der Waals surface area contributed by atoms with E-state index in [4.69, 9.17) is 11.6 Å². The molecule has 0 spiro atoms. The number of esters is 1. The van der Waals surface area contributed by atoms with Crippen molar-refractivity contribution >= 4 is 29.2 Å². The molecule has 1 N–H and O–H groups in total. The topological polar surface area (TPSA) is 73.2 Å². The summed E-state index contributed by atoms with van der Waals surface area (Å²) < 4.78 is 19.3. The highest BCUT2D eigenvalue weighted by molar-refractivity contribution is 6.34. The van der Waals surface area contributed by atoms with Crippen LogP contribution in [-0.4, -0.2) is 28.8 Å². The van der Waals surface area contributed by atoms with E-state index in [0.29, 0.717) is 11.4 Å². The third-order valence-corrected chi connectivity index (χ3v) is 3.44. The monoisotopic (exact) mass is 325 g/mol. The second-order valence-electron chi connectivity index (χ2n) is 4.43. The van der Waals surface area contributed by atoms with Gasteiger partial charge in [0.2, 0.25) is 0 Å². The lowest BCUT2D eigenvalue weighted by Crippen LogP contribution is -2.16. The number of benzene rings is 1. The van der Waals surface area contributed by atoms with Gasteiger partial charge in [-0.05, 0) is 19.1 Å². The number of anilines is 1. The van der Waals surface area contributed by atoms with Crippen LogP contribution in [0.4, 0.5) is 10.1 Å². The van der Waals surface area contributed by atoms with Gasteiger partial charge in [-0.3, -0.25) is 14.3 Å². The first-order valence-electron chi connectivity index (χ1n) is 6.28. The third kappa shape index (κ3) is 3.25. The molecular weight excluding hydrogens is 313 g/mol. The lowest BCUT2D eigenvalue weighted by Gasteiger charge is -2.07. The quantitative estimate of drug-likeness (QED) is 0.876. The molecule has 1 amide bonds. The minimum atomic E-state index is -0.674. The minimum Gasteiger partial charge on any atom is -0.468 e. The molecule has 22 heavy (non-hydrogen) atoms. The number of methoxy groups -OCH3 is 1. The molecular formula is C14H13ClFN3O3. The van der Waals surface area contributed by atoms with Crippen LogP contribution in [0.15, 0.2) is 24.4 Å². The SMILES string of the molecule is COC(=O)Cn1ncc(NC(=O)c2cccc(F)c2Cl)c1C. The number of nitrogens with one attached hydrogen (secondary N) is 1. The number of hydrogen-bond acceptors (Lipinski definition) is 4. The van der Waals surface area contributed by atoms with Crippen LogP contribution in [0.2, 0.25) is 5.02 Å². The van der Waals surface area contributed by atoms with Gasteiger partial charge < -0.3 is 10.1 Å². The second-order valence-corrected chi connectivity index (χ2v) is 4.81. The minimum absolute atomic E-state index is 0.0155. The Morgan fingerprint density at radius 2 is 2.18 bits per heavy atom. The van der Waals surface area contributed by atoms with Crippen molar-refractivity contribution in [2.45, 2.75) is 13.5 Å². The molecule has 0 unspecified atom stereocenters. The van der Waals surface area contributed by atoms with Gasteiger partial charge in [-0.15, -0.1) is 0 Å². The van der Waals surface area contributed by atoms with Crippen molar-refractivity contribution in [3.63, 3.8) is 0 Å². The summed E-state index contributed by atoms with van der Waals surface area (Å²) in [5, 5.41) is 6.31. The molecule has 1 aromatic heterocycles. The van der Waals surface area contributed by atoms with Crippen molar-refractivity contribution in [3.05, 3.63) is 46.5 Å². The number of carbonyl (C=O) groups excluding carboxylic acids is 2. The number of halogens is 2. The van der Waals surface area contributed by atoms with Gasteiger partial charge in [0, 0.05) is 0 Å². The number of ether oxygens (including phenoxy) is 1. The lowest BCUT2D eigenvalue weighted by atomic mass is 10.2. The molecule has 116 valence electrons. The van der Waals surface area contributed by atoms with Crippen molar-refractivity contribution in [3.8, 4) is 0 Å². The lowest BCUT2D eigenvalue weighted by molar-refractivity contribution is -0.141. The molecule has 0 fully saturated rings. The highest BCUT2D eigenvalue weighted by Gasteiger charge is 2.16. The van der Waals surface area contributed by atoms with Crippen molar-refractivity contribution in [2.24, 2.45) is 0 Å². The van der Waals surface area contributed by atoms with Crippen LogP contribution in [0.3, 0.4) is 0 Å². The number of rotatable bonds is 4. The Hall–Kier alpha value is -2.41. The zero-order valence-electron chi connectivity index (χ0n) is 11.9. The van der Waals surface area contributed by atoms with Crippen LogP contribution < -0.4 is 5.32 Å². The first-order chi connectivity index (χ1) is 10.4. The molecule has 0 saturated carbocycles. The van der Waals surface area contributed by atoms with E-state index in [0.717, 1.165) is 0 Å². The van der Waals surface area contributed by atoms with Crippen LogP contribution in [0.5, 0.6) is 0 Å². The predicted molar refractivity (Wildman–Crippen MR) is 78.3 cm³/mol. The van der Waals surface area contributed by atoms with E-state index in [9.17, 15) is 14.0 Å². The van der Waals surface area contributed by atoms with E-state index < -0.39 is 17.7 Å². The molecule has 0 radical (unpaired) electrons. The summed E-state index contributed by atoms with van der Waals surface area (Å²) in [6, 6.07) is 3.97. The van der Waals surface area contributed by atoms with Gasteiger partial charge in [-0.2, -0.15) is 5.10 Å². The maximum atomic E-state index is 13.4. The Morgan fingerprint density at radius 3 is 2.86 bits per heavy atom. The van der Waals surface area contributed by atoms with Crippen LogP contribution in [0.1, 0.15) is 16.1 Å². The Kier molecular flexibility index (Phi) is 4.77. The molecule has 2 aromatic rings. The first kappa shape index (κ1) is 16.0. The van der Waals surface area contributed by atoms with E-state index in [2.05, 4.69) is 15.2 Å². The fourth-order valence-electron chi connectivity index (χ4n) is 1.78. The summed E-state index contributed by atoms with van der Waals surface area (Å²) in [5.74, 6) is -1.70. The number of aromatic nitrogens is 2. The van der Waals surface area contributed by atoms with Crippen LogP contribution in [-0.2, 0) is 16.1 Å². The highest BCUT2D eigenvalue weighted by Crippen LogP contribution is 2.22. The molecule has 2 rings (SSSR count). The van der Waals surface area contributed by atoms with Gasteiger partial charge in [0.05, 0.1) is 35.3 Å². The molecule has 0 aliphatic rings. The standard InChI is InChI=1S/C14H13ClFN3O3/c1-8-11(6-17-19(8)7-12(20)22-2)18-14(21)9-4-3-5-10(16)13(9)15/h3-6H,7H2,1-2H3,(H,18,21). The van der Waals surface area contributed by atoms with Gasteiger partial charge in [0.1, 0.15) is 12.4 Å². The number of hydrogen-bond donors (Lipinski definition) is 1. The Labute approximate surface area is 130 Å². The van der Waals surface area contributed by atoms with E-state index in [-0.39, 0.29) is 17.1 Å². The molecule has 0 aliphatic carbocycles. The van der Waals surface area contributed by atoms with Crippen LogP contribution in [0.25, 0.3) is 0 Å². The largest absolute Gasteiger partial charge is 0.468 e. The number of carbonyl (C=O) groups is 2. The molecule has 1 aromatic carbocycles. The molecule has 8 heteroatoms. The predicted octanol–water partition coefficient (Wildman–Crippen LogP) is 2.41. The van der Waals surface area contributed by atoms with Crippen molar-refractivity contribution in [1.82, 2.24) is 9.78 Å². The average Bonchev–Trinajstić information content (AvgIpc) is 2.82. The highest BCUT2D eigenvalue weighted by atomic mass is 35.5. The van der Waals surface area contributed by atoms with Gasteiger partial charge >= 0.3 is 5.97 Å². The number of amides is 1. The second kappa shape index (κ2) is 6.57. The van der Waals surface area contributed by atoms with Crippen molar-refractivity contribution in [2.75, 3.05) is 12.4 Å². The molecule has 0 bridgehead atoms. The Morgan fingerprint density at radius 1 is 1.45 bits per heavy atom. The van der Waals surface area contributed by atoms with Crippen LogP contribution >= 0.6 is 11.6 Å². The zero-order chi connectivity index (χ0) is 16.3. The molecule has 6 nitrogen and oxygen atoms in total. The molecule has 0 atom stereocenters. The Balaban J connectivity index is 2.19. The Bertz CT molecular complexity index is 730. The zero-order valence-corrected chi connectivity index (χ0v) is 12.6. The fraction of sp³-hybridized carbons (Fsp3) is 0.214. The summed E-state index contributed by atoms with van der Waals surface area (Å²) in [4.78, 5) is 23.4. The molecule has 0 saturated heterocycles. The normalized spacial score (nSPS) is 10.4. The van der Waals surface area contributed by atoms with E-state index in [1.54, 1.807) is 6.92 Å².